The van der Waals surface area contributed by atoms with E-state index >= 15 is 0 Å². The van der Waals surface area contributed by atoms with E-state index in [1.807, 2.05) is 30.9 Å². The van der Waals surface area contributed by atoms with E-state index in [-0.39, 0.29) is 0 Å². The molecule has 0 spiro atoms. The fourth-order valence-corrected chi connectivity index (χ4v) is 5.93. The summed E-state index contributed by atoms with van der Waals surface area (Å²) in [5.74, 6) is 6.08. The molecule has 1 aliphatic heterocycles. The van der Waals surface area contributed by atoms with E-state index < -0.39 is 17.4 Å². The summed E-state index contributed by atoms with van der Waals surface area (Å²) < 4.78 is 0.828. The number of aryl methyl sites for hydroxylation is 1. The molecular formula is C26H26N8O3S2. The van der Waals surface area contributed by atoms with Gasteiger partial charge in [-0.1, -0.05) is 28.6 Å². The van der Waals surface area contributed by atoms with E-state index in [2.05, 4.69) is 37.0 Å². The molecule has 2 amide bonds. The number of fused-ring (bicyclic) bond motifs is 1. The molecule has 4 heterocycles. The maximum atomic E-state index is 11.9. The first-order valence-corrected chi connectivity index (χ1v) is 13.9. The lowest BCUT2D eigenvalue weighted by Gasteiger charge is -2.36. The summed E-state index contributed by atoms with van der Waals surface area (Å²) in [6.45, 7) is 7.04. The van der Waals surface area contributed by atoms with Crippen LogP contribution in [0, 0.1) is 24.2 Å². The Balaban J connectivity index is 1.49. The van der Waals surface area contributed by atoms with Gasteiger partial charge in [-0.15, -0.1) is 10.2 Å². The van der Waals surface area contributed by atoms with E-state index in [1.54, 1.807) is 19.3 Å². The molecule has 1 fully saturated rings. The number of carboxylic acid groups (broad SMARTS) is 1. The summed E-state index contributed by atoms with van der Waals surface area (Å²) in [5, 5.41) is 19.5. The summed E-state index contributed by atoms with van der Waals surface area (Å²) >= 11 is 2.76. The lowest BCUT2D eigenvalue weighted by molar-refractivity contribution is -0.149. The number of anilines is 2. The van der Waals surface area contributed by atoms with Crippen molar-refractivity contribution in [1.82, 2.24) is 25.1 Å². The predicted octanol–water partition coefficient (Wildman–Crippen LogP) is 3.91. The highest BCUT2D eigenvalue weighted by Gasteiger charge is 2.37. The molecule has 1 aromatic carbocycles. The van der Waals surface area contributed by atoms with Crippen molar-refractivity contribution < 1.29 is 14.7 Å². The Labute approximate surface area is 232 Å². The fraction of sp³-hybridized carbons (Fsp3) is 0.346. The third-order valence-electron chi connectivity index (χ3n) is 6.76. The topological polar surface area (TPSA) is 151 Å². The van der Waals surface area contributed by atoms with Gasteiger partial charge >= 0.3 is 12.0 Å². The first-order valence-electron chi connectivity index (χ1n) is 12.3. The molecule has 0 aliphatic carbocycles. The Morgan fingerprint density at radius 3 is 2.44 bits per heavy atom. The van der Waals surface area contributed by atoms with Crippen LogP contribution in [-0.2, 0) is 4.79 Å². The number of aliphatic carboxylic acids is 1. The van der Waals surface area contributed by atoms with E-state index in [4.69, 9.17) is 5.73 Å². The smallest absolute Gasteiger partial charge is 0.321 e. The molecular weight excluding hydrogens is 536 g/mol. The summed E-state index contributed by atoms with van der Waals surface area (Å²) in [6, 6.07) is 3.30. The molecule has 0 atom stereocenters. The molecule has 0 bridgehead atoms. The van der Waals surface area contributed by atoms with Crippen molar-refractivity contribution in [3.05, 3.63) is 40.1 Å². The Bertz CT molecular complexity index is 1610. The lowest BCUT2D eigenvalue weighted by atomic mass is 9.80. The van der Waals surface area contributed by atoms with Crippen molar-refractivity contribution in [2.75, 3.05) is 29.4 Å². The van der Waals surface area contributed by atoms with Crippen LogP contribution in [0.5, 0.6) is 0 Å². The van der Waals surface area contributed by atoms with Gasteiger partial charge in [0.25, 0.3) is 0 Å². The third-order valence-corrected chi connectivity index (χ3v) is 8.64. The molecule has 200 valence electrons. The molecule has 0 radical (unpaired) electrons. The minimum absolute atomic E-state index is 0.393. The second-order valence-electron chi connectivity index (χ2n) is 9.45. The van der Waals surface area contributed by atoms with Gasteiger partial charge < -0.3 is 15.7 Å². The third kappa shape index (κ3) is 5.39. The number of piperidine rings is 1. The molecule has 3 N–H and O–H groups in total. The van der Waals surface area contributed by atoms with Gasteiger partial charge in [0.1, 0.15) is 5.01 Å². The molecule has 0 unspecified atom stereocenters. The molecule has 1 saturated heterocycles. The van der Waals surface area contributed by atoms with Crippen LogP contribution in [0.1, 0.15) is 42.3 Å². The Morgan fingerprint density at radius 2 is 1.85 bits per heavy atom. The number of nitrogens with two attached hydrogens (primary N) is 1. The number of hydrogen-bond acceptors (Lipinski definition) is 10. The SMILES string of the molecule is CCN(C(N)=O)c1nc2cc(-c3cnc(N4CCC(C)(C(=O)O)CC4)nc3)cc(C#Cc3nnc(C)s3)c2s1. The van der Waals surface area contributed by atoms with Crippen molar-refractivity contribution >= 4 is 56.0 Å². The van der Waals surface area contributed by atoms with Crippen LogP contribution in [0.25, 0.3) is 21.3 Å². The number of nitrogens with zero attached hydrogens (tertiary/aromatic N) is 7. The number of benzene rings is 1. The minimum Gasteiger partial charge on any atom is -0.481 e. The van der Waals surface area contributed by atoms with Gasteiger partial charge in [-0.3, -0.25) is 9.69 Å². The molecule has 39 heavy (non-hydrogen) atoms. The summed E-state index contributed by atoms with van der Waals surface area (Å²) in [7, 11) is 0. The highest BCUT2D eigenvalue weighted by Crippen LogP contribution is 2.36. The van der Waals surface area contributed by atoms with Gasteiger partial charge in [0.05, 0.1) is 15.6 Å². The van der Waals surface area contributed by atoms with Gasteiger partial charge in [-0.05, 0) is 57.2 Å². The lowest BCUT2D eigenvalue weighted by Crippen LogP contribution is -2.43. The quantitative estimate of drug-likeness (QED) is 0.345. The number of carbonyl (C=O) groups is 2. The van der Waals surface area contributed by atoms with Crippen molar-refractivity contribution in [3.8, 4) is 23.0 Å². The van der Waals surface area contributed by atoms with Gasteiger partial charge in [-0.2, -0.15) is 0 Å². The Morgan fingerprint density at radius 1 is 1.13 bits per heavy atom. The maximum Gasteiger partial charge on any atom is 0.321 e. The Hall–Kier alpha value is -4.15. The number of rotatable bonds is 5. The Kier molecular flexibility index (Phi) is 7.16. The maximum absolute atomic E-state index is 11.9. The molecule has 13 heteroatoms. The number of primary amides is 1. The molecule has 4 aromatic rings. The minimum atomic E-state index is -0.767. The monoisotopic (exact) mass is 562 g/mol. The summed E-state index contributed by atoms with van der Waals surface area (Å²) in [6.07, 6.45) is 4.56. The average Bonchev–Trinajstić information content (AvgIpc) is 3.53. The summed E-state index contributed by atoms with van der Waals surface area (Å²) in [5.41, 5.74) is 7.85. The van der Waals surface area contributed by atoms with Crippen LogP contribution in [0.15, 0.2) is 24.5 Å². The fourth-order valence-electron chi connectivity index (χ4n) is 4.30. The van der Waals surface area contributed by atoms with Crippen LogP contribution in [0.4, 0.5) is 15.9 Å². The normalized spacial score (nSPS) is 14.6. The first-order chi connectivity index (χ1) is 18.7. The standard InChI is InChI=1S/C26H26N8O3S2/c1-4-34(23(27)37)25-30-19-12-17(11-16(21(19)39-25)5-6-20-32-31-15(2)38-20)18-13-28-24(29-14-18)33-9-7-26(3,8-10-33)22(35)36/h11-14H,4,7-10H2,1-3H3,(H2,27,37)(H,35,36). The molecule has 0 saturated carbocycles. The molecule has 1 aliphatic rings. The highest BCUT2D eigenvalue weighted by atomic mass is 32.1. The van der Waals surface area contributed by atoms with Gasteiger partial charge in [-0.25, -0.2) is 19.7 Å². The molecule has 5 rings (SSSR count). The molecule has 3 aromatic heterocycles. The second kappa shape index (κ2) is 10.5. The number of carboxylic acids is 1. The van der Waals surface area contributed by atoms with E-state index in [0.29, 0.717) is 54.1 Å². The van der Waals surface area contributed by atoms with Crippen LogP contribution < -0.4 is 15.5 Å². The first kappa shape index (κ1) is 26.5. The number of aromatic nitrogens is 5. The number of thiazole rings is 1. The number of urea groups is 1. The van der Waals surface area contributed by atoms with Gasteiger partial charge in [0, 0.05) is 43.2 Å². The van der Waals surface area contributed by atoms with Crippen molar-refractivity contribution in [1.29, 1.82) is 0 Å². The van der Waals surface area contributed by atoms with E-state index in [1.165, 1.54) is 27.6 Å². The van der Waals surface area contributed by atoms with Crippen LogP contribution in [-0.4, -0.2) is 61.9 Å². The zero-order valence-electron chi connectivity index (χ0n) is 21.6. The van der Waals surface area contributed by atoms with Crippen LogP contribution in [0.2, 0.25) is 0 Å². The largest absolute Gasteiger partial charge is 0.481 e. The average molecular weight is 563 g/mol. The number of carbonyl (C=O) groups excluding carboxylic acids is 1. The second-order valence-corrected chi connectivity index (χ2v) is 11.6. The zero-order valence-corrected chi connectivity index (χ0v) is 23.3. The van der Waals surface area contributed by atoms with Crippen molar-refractivity contribution in [2.24, 2.45) is 11.1 Å². The predicted molar refractivity (Wildman–Crippen MR) is 151 cm³/mol. The number of amides is 2. The van der Waals surface area contributed by atoms with E-state index in [9.17, 15) is 14.7 Å². The highest BCUT2D eigenvalue weighted by molar-refractivity contribution is 7.22. The van der Waals surface area contributed by atoms with Gasteiger partial charge in [0.15, 0.2) is 10.1 Å². The van der Waals surface area contributed by atoms with Crippen molar-refractivity contribution in [2.45, 2.75) is 33.6 Å². The van der Waals surface area contributed by atoms with Crippen molar-refractivity contribution in [3.63, 3.8) is 0 Å². The van der Waals surface area contributed by atoms with Crippen LogP contribution >= 0.6 is 22.7 Å². The number of hydrogen-bond donors (Lipinski definition) is 2. The van der Waals surface area contributed by atoms with Crippen LogP contribution in [0.3, 0.4) is 0 Å². The summed E-state index contributed by atoms with van der Waals surface area (Å²) in [4.78, 5) is 40.8. The van der Waals surface area contributed by atoms with E-state index in [0.717, 1.165) is 26.4 Å². The zero-order chi connectivity index (χ0) is 27.7. The molecule has 11 nitrogen and oxygen atoms in total. The van der Waals surface area contributed by atoms with Gasteiger partial charge in [0.2, 0.25) is 5.95 Å².